The largest absolute Gasteiger partial charge is 0.0776 e. The van der Waals surface area contributed by atoms with Gasteiger partial charge < -0.3 is 0 Å². The van der Waals surface area contributed by atoms with Crippen molar-refractivity contribution in [1.29, 1.82) is 0 Å². The summed E-state index contributed by atoms with van der Waals surface area (Å²) < 4.78 is 0. The number of unbranched alkanes of at least 4 members (excludes halogenated alkanes) is 1. The molecule has 1 aromatic carbocycles. The standard InChI is InChI=1S/C8H10.C4H10.C2H6.CH4/c1-7-3-5-8(2)6-4-7;1-3-4-2;1-2;/h3-6H,1-2H3;3-4H2,1-2H3;1-2H3;1H4. The van der Waals surface area contributed by atoms with Gasteiger partial charge in [0.05, 0.1) is 0 Å². The number of hydrogen-bond donors (Lipinski definition) is 0. The molecule has 90 valence electrons. The summed E-state index contributed by atoms with van der Waals surface area (Å²) in [4.78, 5) is 0. The molecule has 0 saturated heterocycles. The lowest BCUT2D eigenvalue weighted by atomic mass is 10.2. The van der Waals surface area contributed by atoms with E-state index in [4.69, 9.17) is 0 Å². The van der Waals surface area contributed by atoms with Gasteiger partial charge in [0.25, 0.3) is 0 Å². The monoisotopic (exact) mass is 210 g/mol. The summed E-state index contributed by atoms with van der Waals surface area (Å²) in [6.07, 6.45) is 2.64. The van der Waals surface area contributed by atoms with Crippen LogP contribution < -0.4 is 0 Å². The summed E-state index contributed by atoms with van der Waals surface area (Å²) in [6, 6.07) is 8.48. The summed E-state index contributed by atoms with van der Waals surface area (Å²) in [5, 5.41) is 0. The van der Waals surface area contributed by atoms with Gasteiger partial charge in [-0.3, -0.25) is 0 Å². The van der Waals surface area contributed by atoms with Gasteiger partial charge in [0.2, 0.25) is 0 Å². The Hall–Kier alpha value is -0.780. The van der Waals surface area contributed by atoms with Crippen molar-refractivity contribution >= 4 is 0 Å². The Labute approximate surface area is 97.7 Å². The van der Waals surface area contributed by atoms with Crippen LogP contribution in [0.3, 0.4) is 0 Å². The minimum atomic E-state index is 0. The predicted octanol–water partition coefficient (Wildman–Crippen LogP) is 5.77. The van der Waals surface area contributed by atoms with Gasteiger partial charge in [0, 0.05) is 0 Å². The Balaban J connectivity index is -0.000000179. The molecule has 15 heavy (non-hydrogen) atoms. The average molecular weight is 210 g/mol. The lowest BCUT2D eigenvalue weighted by Crippen LogP contribution is -1.70. The molecule has 0 unspecified atom stereocenters. The van der Waals surface area contributed by atoms with Crippen LogP contribution in [0.5, 0.6) is 0 Å². The second kappa shape index (κ2) is 15.7. The van der Waals surface area contributed by atoms with Gasteiger partial charge in [0.15, 0.2) is 0 Å². The highest BCUT2D eigenvalue weighted by Gasteiger charge is 1.79. The lowest BCUT2D eigenvalue weighted by Gasteiger charge is -1.90. The molecule has 0 N–H and O–H groups in total. The quantitative estimate of drug-likeness (QED) is 0.552. The van der Waals surface area contributed by atoms with Crippen molar-refractivity contribution in [2.75, 3.05) is 0 Å². The van der Waals surface area contributed by atoms with Crippen molar-refractivity contribution in [2.45, 2.75) is 61.8 Å². The van der Waals surface area contributed by atoms with Gasteiger partial charge in [-0.25, -0.2) is 0 Å². The highest BCUT2D eigenvalue weighted by Crippen LogP contribution is 1.99. The molecule has 0 radical (unpaired) electrons. The van der Waals surface area contributed by atoms with Crippen LogP contribution in [0, 0.1) is 13.8 Å². The molecule has 0 nitrogen and oxygen atoms in total. The summed E-state index contributed by atoms with van der Waals surface area (Å²) in [6.45, 7) is 12.6. The molecule has 0 fully saturated rings. The fourth-order valence-corrected chi connectivity index (χ4v) is 0.637. The molecule has 0 atom stereocenters. The van der Waals surface area contributed by atoms with Crippen LogP contribution in [0.25, 0.3) is 0 Å². The number of aryl methyl sites for hydroxylation is 2. The molecular weight excluding hydrogens is 180 g/mol. The van der Waals surface area contributed by atoms with E-state index in [0.717, 1.165) is 0 Å². The first-order valence-corrected chi connectivity index (χ1v) is 5.74. The van der Waals surface area contributed by atoms with Gasteiger partial charge in [-0.05, 0) is 13.8 Å². The number of rotatable bonds is 1. The molecule has 0 amide bonds. The fourth-order valence-electron chi connectivity index (χ4n) is 0.637. The molecule has 0 saturated carbocycles. The summed E-state index contributed by atoms with van der Waals surface area (Å²) in [7, 11) is 0. The van der Waals surface area contributed by atoms with Crippen LogP contribution in [0.1, 0.15) is 59.1 Å². The van der Waals surface area contributed by atoms with E-state index in [1.165, 1.54) is 24.0 Å². The molecule has 0 aliphatic rings. The molecular formula is C15H30. The van der Waals surface area contributed by atoms with Crippen LogP contribution in [0.15, 0.2) is 24.3 Å². The molecule has 0 spiro atoms. The maximum absolute atomic E-state index is 2.18. The Morgan fingerprint density at radius 2 is 0.933 bits per heavy atom. The van der Waals surface area contributed by atoms with Crippen LogP contribution in [0.2, 0.25) is 0 Å². The van der Waals surface area contributed by atoms with E-state index in [1.807, 2.05) is 13.8 Å². The molecule has 0 heteroatoms. The molecule has 0 bridgehead atoms. The third-order valence-electron chi connectivity index (χ3n) is 1.72. The maximum Gasteiger partial charge on any atom is -0.0398 e. The van der Waals surface area contributed by atoms with Crippen LogP contribution in [-0.2, 0) is 0 Å². The van der Waals surface area contributed by atoms with Crippen molar-refractivity contribution in [1.82, 2.24) is 0 Å². The van der Waals surface area contributed by atoms with E-state index < -0.39 is 0 Å². The summed E-state index contributed by atoms with van der Waals surface area (Å²) in [5.41, 5.74) is 2.66. The molecule has 0 aromatic heterocycles. The van der Waals surface area contributed by atoms with E-state index in [2.05, 4.69) is 52.0 Å². The number of benzene rings is 1. The second-order valence-corrected chi connectivity index (χ2v) is 3.15. The highest BCUT2D eigenvalue weighted by molar-refractivity contribution is 5.19. The SMILES string of the molecule is C.CC.CCCC.Cc1ccc(C)cc1. The van der Waals surface area contributed by atoms with Gasteiger partial charge in [0.1, 0.15) is 0 Å². The minimum absolute atomic E-state index is 0. The highest BCUT2D eigenvalue weighted by atomic mass is 13.9. The van der Waals surface area contributed by atoms with Gasteiger partial charge in [-0.2, -0.15) is 0 Å². The molecule has 0 aliphatic heterocycles. The average Bonchev–Trinajstić information content (AvgIpc) is 2.26. The first-order valence-electron chi connectivity index (χ1n) is 5.74. The van der Waals surface area contributed by atoms with Crippen molar-refractivity contribution in [2.24, 2.45) is 0 Å². The van der Waals surface area contributed by atoms with Crippen molar-refractivity contribution < 1.29 is 0 Å². The molecule has 1 rings (SSSR count). The predicted molar refractivity (Wildman–Crippen MR) is 74.6 cm³/mol. The zero-order valence-corrected chi connectivity index (χ0v) is 10.7. The number of hydrogen-bond acceptors (Lipinski definition) is 0. The molecule has 0 aliphatic carbocycles. The second-order valence-electron chi connectivity index (χ2n) is 3.15. The maximum atomic E-state index is 2.18. The Morgan fingerprint density at radius 3 is 1.07 bits per heavy atom. The normalized spacial score (nSPS) is 7.33. The van der Waals surface area contributed by atoms with Crippen LogP contribution in [-0.4, -0.2) is 0 Å². The Morgan fingerprint density at radius 1 is 0.733 bits per heavy atom. The van der Waals surface area contributed by atoms with Crippen LogP contribution in [0.4, 0.5) is 0 Å². The van der Waals surface area contributed by atoms with E-state index in [9.17, 15) is 0 Å². The topological polar surface area (TPSA) is 0 Å². The smallest absolute Gasteiger partial charge is 0.0398 e. The van der Waals surface area contributed by atoms with Crippen molar-refractivity contribution in [3.05, 3.63) is 35.4 Å². The van der Waals surface area contributed by atoms with Crippen LogP contribution >= 0.6 is 0 Å². The van der Waals surface area contributed by atoms with Crippen molar-refractivity contribution in [3.8, 4) is 0 Å². The van der Waals surface area contributed by atoms with Gasteiger partial charge in [-0.15, -0.1) is 0 Å². The fraction of sp³-hybridized carbons (Fsp3) is 0.600. The Kier molecular flexibility index (Phi) is 20.6. The summed E-state index contributed by atoms with van der Waals surface area (Å²) in [5.74, 6) is 0. The van der Waals surface area contributed by atoms with Gasteiger partial charge in [-0.1, -0.05) is 83.4 Å². The zero-order valence-electron chi connectivity index (χ0n) is 10.7. The van der Waals surface area contributed by atoms with E-state index in [1.54, 1.807) is 0 Å². The molecule has 0 heterocycles. The Bertz CT molecular complexity index is 161. The third kappa shape index (κ3) is 15.9. The third-order valence-corrected chi connectivity index (χ3v) is 1.72. The first-order chi connectivity index (χ1) is 6.70. The van der Waals surface area contributed by atoms with E-state index in [-0.39, 0.29) is 7.43 Å². The van der Waals surface area contributed by atoms with Crippen molar-refractivity contribution in [3.63, 3.8) is 0 Å². The van der Waals surface area contributed by atoms with E-state index in [0.29, 0.717) is 0 Å². The van der Waals surface area contributed by atoms with E-state index >= 15 is 0 Å². The first kappa shape index (κ1) is 19.7. The summed E-state index contributed by atoms with van der Waals surface area (Å²) >= 11 is 0. The van der Waals surface area contributed by atoms with Gasteiger partial charge >= 0.3 is 0 Å². The zero-order chi connectivity index (χ0) is 11.4. The molecule has 1 aromatic rings. The lowest BCUT2D eigenvalue weighted by molar-refractivity contribution is 0.886. The minimum Gasteiger partial charge on any atom is -0.0776 e.